The maximum absolute atomic E-state index is 11.9. The Hall–Kier alpha value is -1.82. The minimum atomic E-state index is -0.870. The van der Waals surface area contributed by atoms with Crippen molar-refractivity contribution < 1.29 is 19.3 Å². The zero-order chi connectivity index (χ0) is 13.7. The molecule has 1 radical (unpaired) electrons. The molecular formula is C13H15BNO4. The third kappa shape index (κ3) is 4.10. The smallest absolute Gasteiger partial charge is 0.317 e. The van der Waals surface area contributed by atoms with Crippen molar-refractivity contribution in [3.63, 3.8) is 0 Å². The van der Waals surface area contributed by atoms with E-state index in [0.29, 0.717) is 18.4 Å². The molecule has 1 aromatic rings. The number of hydrogen-bond donors (Lipinski definition) is 2. The van der Waals surface area contributed by atoms with Crippen LogP contribution in [0.3, 0.4) is 0 Å². The zero-order valence-electron chi connectivity index (χ0n) is 10.4. The van der Waals surface area contributed by atoms with E-state index < -0.39 is 5.97 Å². The van der Waals surface area contributed by atoms with Crippen molar-refractivity contribution in [2.45, 2.75) is 31.3 Å². The molecule has 99 valence electrons. The Kier molecular flexibility index (Phi) is 4.57. The summed E-state index contributed by atoms with van der Waals surface area (Å²) in [7, 11) is 1.53. The molecule has 1 saturated heterocycles. The maximum atomic E-state index is 11.9. The third-order valence-corrected chi connectivity index (χ3v) is 2.99. The van der Waals surface area contributed by atoms with E-state index in [1.54, 1.807) is 24.3 Å². The lowest BCUT2D eigenvalue weighted by Gasteiger charge is -2.27. The summed E-state index contributed by atoms with van der Waals surface area (Å²) < 4.78 is 5.32. The van der Waals surface area contributed by atoms with Crippen LogP contribution in [0.4, 0.5) is 0 Å². The molecule has 2 rings (SSSR count). The summed E-state index contributed by atoms with van der Waals surface area (Å²) in [6.07, 6.45) is 1.02. The Morgan fingerprint density at radius 1 is 1.32 bits per heavy atom. The molecule has 1 aliphatic heterocycles. The standard InChI is InChI=1S/C13H15BNO4/c16-12(17)8-10-6-7-11(14-19-10)15-13(18)9-4-2-1-3-5-9/h1-5,10-11H,6-8H2,(H,15,18)(H,16,17). The van der Waals surface area contributed by atoms with Crippen molar-refractivity contribution >= 4 is 19.4 Å². The lowest BCUT2D eigenvalue weighted by Crippen LogP contribution is -2.45. The zero-order valence-corrected chi connectivity index (χ0v) is 10.4. The number of carboxylic acid groups (broad SMARTS) is 1. The number of aliphatic carboxylic acids is 1. The molecule has 0 bridgehead atoms. The molecule has 0 spiro atoms. The third-order valence-electron chi connectivity index (χ3n) is 2.99. The summed E-state index contributed by atoms with van der Waals surface area (Å²) in [5, 5.41) is 11.5. The summed E-state index contributed by atoms with van der Waals surface area (Å²) in [4.78, 5) is 22.4. The van der Waals surface area contributed by atoms with Gasteiger partial charge in [-0.15, -0.1) is 0 Å². The van der Waals surface area contributed by atoms with E-state index in [9.17, 15) is 9.59 Å². The molecule has 1 aliphatic rings. The second kappa shape index (κ2) is 6.38. The molecule has 1 heterocycles. The van der Waals surface area contributed by atoms with Crippen molar-refractivity contribution in [3.05, 3.63) is 35.9 Å². The van der Waals surface area contributed by atoms with Crippen LogP contribution in [0.25, 0.3) is 0 Å². The highest BCUT2D eigenvalue weighted by atomic mass is 16.4. The number of hydrogen-bond acceptors (Lipinski definition) is 3. The maximum Gasteiger partial charge on any atom is 0.317 e. The van der Waals surface area contributed by atoms with Crippen molar-refractivity contribution in [1.82, 2.24) is 5.32 Å². The molecule has 0 aromatic heterocycles. The first-order valence-electron chi connectivity index (χ1n) is 6.21. The topological polar surface area (TPSA) is 75.6 Å². The number of rotatable bonds is 4. The average molecular weight is 260 g/mol. The number of benzene rings is 1. The number of carbonyl (C=O) groups excluding carboxylic acids is 1. The first kappa shape index (κ1) is 13.6. The lowest BCUT2D eigenvalue weighted by atomic mass is 9.79. The summed E-state index contributed by atoms with van der Waals surface area (Å²) in [5.74, 6) is -1.19. The van der Waals surface area contributed by atoms with Crippen molar-refractivity contribution in [2.24, 2.45) is 0 Å². The predicted octanol–water partition coefficient (Wildman–Crippen LogP) is 1.02. The van der Waals surface area contributed by atoms with E-state index in [4.69, 9.17) is 9.76 Å². The van der Waals surface area contributed by atoms with E-state index in [0.717, 1.165) is 0 Å². The molecule has 2 N–H and O–H groups in total. The first-order valence-corrected chi connectivity index (χ1v) is 6.21. The van der Waals surface area contributed by atoms with Gasteiger partial charge in [0.15, 0.2) is 0 Å². The molecular weight excluding hydrogens is 245 g/mol. The minimum absolute atomic E-state index is 0.00412. The predicted molar refractivity (Wildman–Crippen MR) is 69.8 cm³/mol. The fourth-order valence-corrected chi connectivity index (χ4v) is 2.00. The van der Waals surface area contributed by atoms with Gasteiger partial charge in [-0.3, -0.25) is 9.59 Å². The number of carbonyl (C=O) groups is 2. The highest BCUT2D eigenvalue weighted by Gasteiger charge is 2.26. The van der Waals surface area contributed by atoms with Crippen LogP contribution in [0.2, 0.25) is 0 Å². The van der Waals surface area contributed by atoms with Gasteiger partial charge in [0.2, 0.25) is 0 Å². The van der Waals surface area contributed by atoms with E-state index in [1.165, 1.54) is 7.48 Å². The summed E-state index contributed by atoms with van der Waals surface area (Å²) in [6, 6.07) is 8.94. The largest absolute Gasteiger partial charge is 0.481 e. The SMILES string of the molecule is O=C(O)CC1CCC(NC(=O)c2ccccc2)[B]O1. The van der Waals surface area contributed by atoms with Crippen LogP contribution in [0.1, 0.15) is 29.6 Å². The minimum Gasteiger partial charge on any atom is -0.481 e. The normalized spacial score (nSPS) is 22.3. The second-order valence-corrected chi connectivity index (χ2v) is 4.52. The molecule has 1 aromatic carbocycles. The molecule has 0 saturated carbocycles. The fraction of sp³-hybridized carbons (Fsp3) is 0.385. The van der Waals surface area contributed by atoms with Crippen LogP contribution < -0.4 is 5.32 Å². The Balaban J connectivity index is 1.80. The van der Waals surface area contributed by atoms with Crippen LogP contribution in [-0.4, -0.2) is 36.5 Å². The highest BCUT2D eigenvalue weighted by Crippen LogP contribution is 2.15. The van der Waals surface area contributed by atoms with E-state index in [1.807, 2.05) is 6.07 Å². The molecule has 19 heavy (non-hydrogen) atoms. The molecule has 2 atom stereocenters. The molecule has 1 fully saturated rings. The van der Waals surface area contributed by atoms with Crippen LogP contribution in [0, 0.1) is 0 Å². The van der Waals surface area contributed by atoms with E-state index in [-0.39, 0.29) is 24.4 Å². The molecule has 6 heteroatoms. The van der Waals surface area contributed by atoms with Crippen molar-refractivity contribution in [2.75, 3.05) is 0 Å². The van der Waals surface area contributed by atoms with Crippen LogP contribution >= 0.6 is 0 Å². The van der Waals surface area contributed by atoms with Gasteiger partial charge in [-0.25, -0.2) is 0 Å². The van der Waals surface area contributed by atoms with Crippen LogP contribution in [0.15, 0.2) is 30.3 Å². The van der Waals surface area contributed by atoms with E-state index >= 15 is 0 Å². The Bertz CT molecular complexity index is 443. The fourth-order valence-electron chi connectivity index (χ4n) is 2.00. The van der Waals surface area contributed by atoms with Gasteiger partial charge in [0.05, 0.1) is 12.5 Å². The average Bonchev–Trinajstić information content (AvgIpc) is 2.41. The number of carboxylic acids is 1. The van der Waals surface area contributed by atoms with Gasteiger partial charge in [-0.05, 0) is 25.0 Å². The lowest BCUT2D eigenvalue weighted by molar-refractivity contribution is -0.139. The monoisotopic (exact) mass is 260 g/mol. The second-order valence-electron chi connectivity index (χ2n) is 4.52. The van der Waals surface area contributed by atoms with Gasteiger partial charge < -0.3 is 15.1 Å². The summed E-state index contributed by atoms with van der Waals surface area (Å²) >= 11 is 0. The Morgan fingerprint density at radius 2 is 2.05 bits per heavy atom. The summed E-state index contributed by atoms with van der Waals surface area (Å²) in [6.45, 7) is 0. The molecule has 5 nitrogen and oxygen atoms in total. The van der Waals surface area contributed by atoms with Crippen molar-refractivity contribution in [3.8, 4) is 0 Å². The number of amides is 1. The summed E-state index contributed by atoms with van der Waals surface area (Å²) in [5.41, 5.74) is 0.601. The van der Waals surface area contributed by atoms with Crippen LogP contribution in [0.5, 0.6) is 0 Å². The van der Waals surface area contributed by atoms with Gasteiger partial charge in [0.25, 0.3) is 5.91 Å². The van der Waals surface area contributed by atoms with Crippen molar-refractivity contribution in [1.29, 1.82) is 0 Å². The Labute approximate surface area is 112 Å². The van der Waals surface area contributed by atoms with E-state index in [2.05, 4.69) is 5.32 Å². The molecule has 1 amide bonds. The Morgan fingerprint density at radius 3 is 2.63 bits per heavy atom. The van der Waals surface area contributed by atoms with Gasteiger partial charge >= 0.3 is 13.5 Å². The molecule has 0 aliphatic carbocycles. The van der Waals surface area contributed by atoms with Gasteiger partial charge in [0, 0.05) is 11.5 Å². The molecule has 2 unspecified atom stereocenters. The van der Waals surface area contributed by atoms with Gasteiger partial charge in [-0.2, -0.15) is 0 Å². The quantitative estimate of drug-likeness (QED) is 0.792. The highest BCUT2D eigenvalue weighted by molar-refractivity contribution is 6.31. The first-order chi connectivity index (χ1) is 9.15. The number of nitrogens with one attached hydrogen (secondary N) is 1. The van der Waals surface area contributed by atoms with Crippen LogP contribution in [-0.2, 0) is 9.45 Å². The van der Waals surface area contributed by atoms with Gasteiger partial charge in [0.1, 0.15) is 0 Å². The van der Waals surface area contributed by atoms with Gasteiger partial charge in [-0.1, -0.05) is 18.2 Å².